The van der Waals surface area contributed by atoms with Crippen LogP contribution in [-0.2, 0) is 10.2 Å². The lowest BCUT2D eigenvalue weighted by molar-refractivity contribution is 0.165. The molecule has 0 aliphatic carbocycles. The largest absolute Gasteiger partial charge is 0.396 e. The highest BCUT2D eigenvalue weighted by Crippen LogP contribution is 2.25. The second-order valence-corrected chi connectivity index (χ2v) is 7.83. The molecular weight excluding hydrogens is 288 g/mol. The number of aliphatic hydroxyl groups is 1. The summed E-state index contributed by atoms with van der Waals surface area (Å²) in [6.07, 6.45) is 1.68. The molecule has 2 rings (SSSR count). The summed E-state index contributed by atoms with van der Waals surface area (Å²) in [4.78, 5) is 0. The summed E-state index contributed by atoms with van der Waals surface area (Å²) >= 11 is 0. The lowest BCUT2D eigenvalue weighted by Gasteiger charge is -2.34. The van der Waals surface area contributed by atoms with Gasteiger partial charge in [-0.3, -0.25) is 4.31 Å². The molecule has 1 aliphatic heterocycles. The molecule has 1 saturated heterocycles. The van der Waals surface area contributed by atoms with Gasteiger partial charge in [0.05, 0.1) is 5.69 Å². The van der Waals surface area contributed by atoms with Gasteiger partial charge in [0.15, 0.2) is 0 Å². The van der Waals surface area contributed by atoms with Gasteiger partial charge in [0.1, 0.15) is 0 Å². The van der Waals surface area contributed by atoms with Crippen molar-refractivity contribution in [2.75, 3.05) is 31.0 Å². The summed E-state index contributed by atoms with van der Waals surface area (Å²) in [5, 5.41) is 9.27. The van der Waals surface area contributed by atoms with Crippen molar-refractivity contribution in [3.8, 4) is 0 Å². The standard InChI is InChI=1S/C15H24N2O3S/c1-12-7-13(2)9-15(8-12)16(3)21(19,20)17-6-4-5-14(10-17)11-18/h7-9,14,18H,4-6,10-11H2,1-3H3. The number of hydrogen-bond donors (Lipinski definition) is 1. The molecule has 5 nitrogen and oxygen atoms in total. The average Bonchev–Trinajstić information content (AvgIpc) is 2.45. The van der Waals surface area contributed by atoms with E-state index in [4.69, 9.17) is 0 Å². The molecule has 0 radical (unpaired) electrons. The minimum Gasteiger partial charge on any atom is -0.396 e. The van der Waals surface area contributed by atoms with E-state index in [1.807, 2.05) is 32.0 Å². The Labute approximate surface area is 127 Å². The molecule has 1 aromatic rings. The SMILES string of the molecule is Cc1cc(C)cc(N(C)S(=O)(=O)N2CCCC(CO)C2)c1. The summed E-state index contributed by atoms with van der Waals surface area (Å²) in [5.41, 5.74) is 2.76. The predicted octanol–water partition coefficient (Wildman–Crippen LogP) is 1.69. The number of nitrogens with zero attached hydrogens (tertiary/aromatic N) is 2. The summed E-state index contributed by atoms with van der Waals surface area (Å²) < 4.78 is 28.3. The van der Waals surface area contributed by atoms with Crippen LogP contribution in [0.5, 0.6) is 0 Å². The van der Waals surface area contributed by atoms with E-state index in [9.17, 15) is 13.5 Å². The molecule has 21 heavy (non-hydrogen) atoms. The molecular formula is C15H24N2O3S. The van der Waals surface area contributed by atoms with Crippen LogP contribution in [0, 0.1) is 19.8 Å². The van der Waals surface area contributed by atoms with Gasteiger partial charge in [-0.2, -0.15) is 12.7 Å². The Bertz CT molecular complexity index is 581. The Balaban J connectivity index is 2.25. The molecule has 1 unspecified atom stereocenters. The highest BCUT2D eigenvalue weighted by Gasteiger charge is 2.32. The third-order valence-electron chi connectivity index (χ3n) is 3.98. The molecule has 1 aliphatic rings. The summed E-state index contributed by atoms with van der Waals surface area (Å²) in [6, 6.07) is 5.77. The molecule has 1 heterocycles. The first-order valence-corrected chi connectivity index (χ1v) is 8.67. The third-order valence-corrected chi connectivity index (χ3v) is 5.87. The Morgan fingerprint density at radius 2 is 1.90 bits per heavy atom. The van der Waals surface area contributed by atoms with Crippen molar-refractivity contribution in [1.82, 2.24) is 4.31 Å². The van der Waals surface area contributed by atoms with Crippen LogP contribution >= 0.6 is 0 Å². The Hall–Kier alpha value is -1.11. The van der Waals surface area contributed by atoms with Gasteiger partial charge in [0.25, 0.3) is 0 Å². The quantitative estimate of drug-likeness (QED) is 0.920. The molecule has 1 N–H and O–H groups in total. The Morgan fingerprint density at radius 1 is 1.29 bits per heavy atom. The second-order valence-electron chi connectivity index (χ2n) is 5.87. The van der Waals surface area contributed by atoms with Gasteiger partial charge in [-0.15, -0.1) is 0 Å². The van der Waals surface area contributed by atoms with E-state index >= 15 is 0 Å². The van der Waals surface area contributed by atoms with Crippen molar-refractivity contribution in [2.45, 2.75) is 26.7 Å². The van der Waals surface area contributed by atoms with E-state index in [-0.39, 0.29) is 12.5 Å². The minimum absolute atomic E-state index is 0.0410. The van der Waals surface area contributed by atoms with Crippen LogP contribution in [0.3, 0.4) is 0 Å². The molecule has 0 spiro atoms. The van der Waals surface area contributed by atoms with Crippen molar-refractivity contribution >= 4 is 15.9 Å². The molecule has 118 valence electrons. The van der Waals surface area contributed by atoms with Gasteiger partial charge in [-0.05, 0) is 55.9 Å². The first-order valence-electron chi connectivity index (χ1n) is 7.27. The van der Waals surface area contributed by atoms with E-state index in [1.54, 1.807) is 7.05 Å². The maximum Gasteiger partial charge on any atom is 0.303 e. The smallest absolute Gasteiger partial charge is 0.303 e. The zero-order valence-corrected chi connectivity index (χ0v) is 13.7. The number of aryl methyl sites for hydroxylation is 2. The zero-order valence-electron chi connectivity index (χ0n) is 12.9. The van der Waals surface area contributed by atoms with Gasteiger partial charge in [-0.25, -0.2) is 0 Å². The van der Waals surface area contributed by atoms with Gasteiger partial charge in [-0.1, -0.05) is 6.07 Å². The van der Waals surface area contributed by atoms with Crippen LogP contribution in [0.4, 0.5) is 5.69 Å². The fourth-order valence-electron chi connectivity index (χ4n) is 2.82. The summed E-state index contributed by atoms with van der Waals surface area (Å²) in [5.74, 6) is 0.0428. The van der Waals surface area contributed by atoms with Gasteiger partial charge in [0.2, 0.25) is 0 Å². The molecule has 1 aromatic carbocycles. The highest BCUT2D eigenvalue weighted by molar-refractivity contribution is 7.90. The Kier molecular flexibility index (Phi) is 4.91. The molecule has 0 saturated carbocycles. The van der Waals surface area contributed by atoms with Gasteiger partial charge in [0, 0.05) is 26.7 Å². The number of benzene rings is 1. The van der Waals surface area contributed by atoms with E-state index in [0.717, 1.165) is 24.0 Å². The van der Waals surface area contributed by atoms with E-state index in [1.165, 1.54) is 8.61 Å². The molecule has 6 heteroatoms. The number of piperidine rings is 1. The van der Waals surface area contributed by atoms with Gasteiger partial charge >= 0.3 is 10.2 Å². The zero-order chi connectivity index (χ0) is 15.6. The third kappa shape index (κ3) is 3.56. The molecule has 0 bridgehead atoms. The molecule has 1 atom stereocenters. The molecule has 1 fully saturated rings. The monoisotopic (exact) mass is 312 g/mol. The lowest BCUT2D eigenvalue weighted by atomic mass is 10.0. The average molecular weight is 312 g/mol. The Morgan fingerprint density at radius 3 is 2.48 bits per heavy atom. The van der Waals surface area contributed by atoms with Crippen LogP contribution in [0.1, 0.15) is 24.0 Å². The topological polar surface area (TPSA) is 60.9 Å². The molecule has 0 amide bonds. The lowest BCUT2D eigenvalue weighted by Crippen LogP contribution is -2.47. The minimum atomic E-state index is -3.54. The van der Waals surface area contributed by atoms with E-state index < -0.39 is 10.2 Å². The van der Waals surface area contributed by atoms with Crippen LogP contribution < -0.4 is 4.31 Å². The van der Waals surface area contributed by atoms with Gasteiger partial charge < -0.3 is 5.11 Å². The maximum absolute atomic E-state index is 12.7. The van der Waals surface area contributed by atoms with E-state index in [0.29, 0.717) is 18.8 Å². The van der Waals surface area contributed by atoms with Crippen LogP contribution in [0.25, 0.3) is 0 Å². The van der Waals surface area contributed by atoms with Crippen LogP contribution in [0.2, 0.25) is 0 Å². The molecule has 0 aromatic heterocycles. The number of rotatable bonds is 4. The van der Waals surface area contributed by atoms with Crippen molar-refractivity contribution in [2.24, 2.45) is 5.92 Å². The summed E-state index contributed by atoms with van der Waals surface area (Å²) in [6.45, 7) is 4.88. The second kappa shape index (κ2) is 6.34. The highest BCUT2D eigenvalue weighted by atomic mass is 32.2. The predicted molar refractivity (Wildman–Crippen MR) is 84.6 cm³/mol. The van der Waals surface area contributed by atoms with Crippen molar-refractivity contribution < 1.29 is 13.5 Å². The first-order chi connectivity index (χ1) is 9.84. The van der Waals surface area contributed by atoms with Crippen molar-refractivity contribution in [1.29, 1.82) is 0 Å². The number of anilines is 1. The number of aliphatic hydroxyl groups excluding tert-OH is 1. The van der Waals surface area contributed by atoms with Crippen molar-refractivity contribution in [3.63, 3.8) is 0 Å². The van der Waals surface area contributed by atoms with Crippen LogP contribution in [0.15, 0.2) is 18.2 Å². The number of hydrogen-bond acceptors (Lipinski definition) is 3. The summed E-state index contributed by atoms with van der Waals surface area (Å²) in [7, 11) is -1.95. The maximum atomic E-state index is 12.7. The fourth-order valence-corrected chi connectivity index (χ4v) is 4.30. The fraction of sp³-hybridized carbons (Fsp3) is 0.600. The normalized spacial score (nSPS) is 20.5. The van der Waals surface area contributed by atoms with Crippen LogP contribution in [-0.4, -0.2) is 44.6 Å². The van der Waals surface area contributed by atoms with Crippen molar-refractivity contribution in [3.05, 3.63) is 29.3 Å². The first kappa shape index (κ1) is 16.3. The van der Waals surface area contributed by atoms with E-state index in [2.05, 4.69) is 0 Å².